The molecule has 8 nitrogen and oxygen atoms in total. The van der Waals surface area contributed by atoms with Gasteiger partial charge in [0.15, 0.2) is 6.10 Å². The van der Waals surface area contributed by atoms with Gasteiger partial charge in [-0.05, 0) is 83.5 Å². The Labute approximate surface area is 317 Å². The maximum absolute atomic E-state index is 12.4. The summed E-state index contributed by atoms with van der Waals surface area (Å²) in [6, 6.07) is 0. The topological polar surface area (TPSA) is 119 Å². The second-order valence-electron chi connectivity index (χ2n) is 13.2. The Balaban J connectivity index is 4.04. The van der Waals surface area contributed by atoms with Crippen molar-refractivity contribution in [2.24, 2.45) is 0 Å². The van der Waals surface area contributed by atoms with E-state index < -0.39 is 32.5 Å². The molecule has 9 heteroatoms. The van der Waals surface area contributed by atoms with Crippen LogP contribution >= 0.6 is 7.82 Å². The Hall–Kier alpha value is -2.51. The number of carbonyl (C=O) groups excluding carboxylic acids is 2. The third kappa shape index (κ3) is 40.3. The third-order valence-electron chi connectivity index (χ3n) is 8.21. The Morgan fingerprint density at radius 3 is 1.42 bits per heavy atom. The van der Waals surface area contributed by atoms with Gasteiger partial charge in [0.05, 0.1) is 6.61 Å². The molecule has 298 valence electrons. The standard InChI is InChI=1S/C43H73O8P/c1-3-5-7-9-11-13-15-17-19-20-21-22-24-26-28-30-32-34-36-38-43(45)51-41(40-50-52(46,47)48)39-49-42(44)37-35-33-31-29-27-25-23-18-16-14-12-10-8-6-4-2/h5,7,11,13,17-19,21-23,26,28,41H,3-4,6,8-10,12,14-16,20,24-25,27,29-40H2,1-2H3,(H2,46,47,48)/b7-5-,13-11-,19-17-,22-21-,23-18-,28-26-/t41-/m1/s1. The quantitative estimate of drug-likeness (QED) is 0.0281. The summed E-state index contributed by atoms with van der Waals surface area (Å²) in [5.74, 6) is -0.938. The summed E-state index contributed by atoms with van der Waals surface area (Å²) in [6.45, 7) is 3.52. The number of hydrogen-bond acceptors (Lipinski definition) is 6. The van der Waals surface area contributed by atoms with Crippen molar-refractivity contribution in [3.63, 3.8) is 0 Å². The monoisotopic (exact) mass is 749 g/mol. The van der Waals surface area contributed by atoms with Gasteiger partial charge in [-0.2, -0.15) is 0 Å². The summed E-state index contributed by atoms with van der Waals surface area (Å²) < 4.78 is 26.3. The minimum Gasteiger partial charge on any atom is -0.462 e. The van der Waals surface area contributed by atoms with E-state index in [1.807, 2.05) is 0 Å². The largest absolute Gasteiger partial charge is 0.469 e. The van der Waals surface area contributed by atoms with E-state index in [4.69, 9.17) is 19.3 Å². The second-order valence-corrected chi connectivity index (χ2v) is 14.5. The number of allylic oxidation sites excluding steroid dienone is 12. The summed E-state index contributed by atoms with van der Waals surface area (Å²) in [5.41, 5.74) is 0. The Morgan fingerprint density at radius 2 is 0.923 bits per heavy atom. The molecule has 52 heavy (non-hydrogen) atoms. The van der Waals surface area contributed by atoms with Crippen molar-refractivity contribution in [1.29, 1.82) is 0 Å². The van der Waals surface area contributed by atoms with E-state index in [-0.39, 0.29) is 19.4 Å². The number of ether oxygens (including phenoxy) is 2. The minimum absolute atomic E-state index is 0.168. The van der Waals surface area contributed by atoms with Gasteiger partial charge in [-0.1, -0.05) is 145 Å². The van der Waals surface area contributed by atoms with Gasteiger partial charge in [0.25, 0.3) is 0 Å². The van der Waals surface area contributed by atoms with E-state index in [0.29, 0.717) is 12.8 Å². The smallest absolute Gasteiger partial charge is 0.462 e. The molecule has 0 saturated heterocycles. The van der Waals surface area contributed by atoms with Crippen LogP contribution in [0.2, 0.25) is 0 Å². The van der Waals surface area contributed by atoms with E-state index in [9.17, 15) is 14.2 Å². The lowest BCUT2D eigenvalue weighted by molar-refractivity contribution is -0.161. The van der Waals surface area contributed by atoms with Gasteiger partial charge < -0.3 is 19.3 Å². The lowest BCUT2D eigenvalue weighted by Gasteiger charge is -2.18. The van der Waals surface area contributed by atoms with Crippen LogP contribution in [-0.4, -0.2) is 41.0 Å². The molecule has 0 aliphatic rings. The number of rotatable bonds is 36. The van der Waals surface area contributed by atoms with Crippen LogP contribution in [0.4, 0.5) is 0 Å². The van der Waals surface area contributed by atoms with Gasteiger partial charge >= 0.3 is 19.8 Å². The molecule has 0 aromatic heterocycles. The van der Waals surface area contributed by atoms with Crippen molar-refractivity contribution in [2.45, 2.75) is 174 Å². The second kappa shape index (κ2) is 38.2. The Bertz CT molecular complexity index is 1070. The molecule has 0 rings (SSSR count). The highest BCUT2D eigenvalue weighted by atomic mass is 31.2. The fraction of sp³-hybridized carbons (Fsp3) is 0.674. The zero-order chi connectivity index (χ0) is 38.2. The van der Waals surface area contributed by atoms with E-state index >= 15 is 0 Å². The van der Waals surface area contributed by atoms with Gasteiger partial charge in [0.2, 0.25) is 0 Å². The van der Waals surface area contributed by atoms with Crippen molar-refractivity contribution in [3.8, 4) is 0 Å². The maximum atomic E-state index is 12.4. The molecule has 0 fully saturated rings. The molecule has 0 radical (unpaired) electrons. The van der Waals surface area contributed by atoms with E-state index in [1.165, 1.54) is 44.9 Å². The number of hydrogen-bond donors (Lipinski definition) is 2. The lowest BCUT2D eigenvalue weighted by Crippen LogP contribution is -2.29. The fourth-order valence-corrected chi connectivity index (χ4v) is 5.58. The Morgan fingerprint density at radius 1 is 0.519 bits per heavy atom. The van der Waals surface area contributed by atoms with Crippen molar-refractivity contribution >= 4 is 19.8 Å². The highest BCUT2D eigenvalue weighted by Gasteiger charge is 2.22. The summed E-state index contributed by atoms with van der Waals surface area (Å²) in [6.07, 6.45) is 49.0. The molecule has 0 aliphatic heterocycles. The zero-order valence-corrected chi connectivity index (χ0v) is 33.6. The number of esters is 2. The lowest BCUT2D eigenvalue weighted by atomic mass is 10.1. The average molecular weight is 749 g/mol. The molecule has 0 aromatic rings. The molecule has 2 N–H and O–H groups in total. The first kappa shape index (κ1) is 49.5. The van der Waals surface area contributed by atoms with Crippen LogP contribution in [0.5, 0.6) is 0 Å². The van der Waals surface area contributed by atoms with Crippen LogP contribution in [0.15, 0.2) is 72.9 Å². The molecule has 0 unspecified atom stereocenters. The van der Waals surface area contributed by atoms with Crippen LogP contribution in [0.25, 0.3) is 0 Å². The summed E-state index contributed by atoms with van der Waals surface area (Å²) >= 11 is 0. The summed E-state index contributed by atoms with van der Waals surface area (Å²) in [4.78, 5) is 42.8. The van der Waals surface area contributed by atoms with Crippen molar-refractivity contribution < 1.29 is 37.9 Å². The van der Waals surface area contributed by atoms with Crippen LogP contribution in [0.3, 0.4) is 0 Å². The van der Waals surface area contributed by atoms with Crippen LogP contribution < -0.4 is 0 Å². The van der Waals surface area contributed by atoms with E-state index in [2.05, 4.69) is 91.3 Å². The molecule has 0 amide bonds. The number of phosphoric acid groups is 1. The SMILES string of the molecule is CC/C=C\C/C=C\C/C=C\C/C=C\C/C=C\CCCCCC(=O)O[C@H](COC(=O)CCCCCCC/C=C\CCCCCCCC)COP(=O)(O)O. The first-order chi connectivity index (χ1) is 25.3. The predicted octanol–water partition coefficient (Wildman–Crippen LogP) is 12.3. The van der Waals surface area contributed by atoms with Crippen molar-refractivity contribution in [1.82, 2.24) is 0 Å². The molecule has 0 saturated carbocycles. The van der Waals surface area contributed by atoms with Gasteiger partial charge in [-0.3, -0.25) is 14.1 Å². The third-order valence-corrected chi connectivity index (χ3v) is 8.69. The minimum atomic E-state index is -4.77. The summed E-state index contributed by atoms with van der Waals surface area (Å²) in [5, 5.41) is 0. The molecule has 0 aromatic carbocycles. The zero-order valence-electron chi connectivity index (χ0n) is 32.7. The van der Waals surface area contributed by atoms with E-state index in [0.717, 1.165) is 83.5 Å². The van der Waals surface area contributed by atoms with Gasteiger partial charge in [0, 0.05) is 12.8 Å². The average Bonchev–Trinajstić information content (AvgIpc) is 3.11. The molecular weight excluding hydrogens is 675 g/mol. The first-order valence-electron chi connectivity index (χ1n) is 20.2. The number of carbonyl (C=O) groups is 2. The molecule has 0 spiro atoms. The number of unbranched alkanes of at least 4 members (excludes halogenated alkanes) is 14. The molecule has 0 aliphatic carbocycles. The van der Waals surface area contributed by atoms with Crippen LogP contribution in [-0.2, 0) is 28.2 Å². The summed E-state index contributed by atoms with van der Waals surface area (Å²) in [7, 11) is -4.77. The van der Waals surface area contributed by atoms with Gasteiger partial charge in [-0.25, -0.2) is 4.57 Å². The Kier molecular flexibility index (Phi) is 36.4. The molecule has 0 bridgehead atoms. The highest BCUT2D eigenvalue weighted by molar-refractivity contribution is 7.46. The predicted molar refractivity (Wildman–Crippen MR) is 216 cm³/mol. The first-order valence-corrected chi connectivity index (χ1v) is 21.8. The van der Waals surface area contributed by atoms with Gasteiger partial charge in [-0.15, -0.1) is 0 Å². The maximum Gasteiger partial charge on any atom is 0.469 e. The van der Waals surface area contributed by atoms with Crippen molar-refractivity contribution in [2.75, 3.05) is 13.2 Å². The number of phosphoric ester groups is 1. The highest BCUT2D eigenvalue weighted by Crippen LogP contribution is 2.36. The van der Waals surface area contributed by atoms with Crippen molar-refractivity contribution in [3.05, 3.63) is 72.9 Å². The molecular formula is C43H73O8P. The normalized spacial score (nSPS) is 13.2. The van der Waals surface area contributed by atoms with Gasteiger partial charge in [0.1, 0.15) is 6.61 Å². The molecule has 0 heterocycles. The molecule has 1 atom stereocenters. The fourth-order valence-electron chi connectivity index (χ4n) is 5.22. The van der Waals surface area contributed by atoms with E-state index in [1.54, 1.807) is 0 Å². The van der Waals surface area contributed by atoms with Crippen LogP contribution in [0, 0.1) is 0 Å². The van der Waals surface area contributed by atoms with Crippen LogP contribution in [0.1, 0.15) is 168 Å².